The second-order valence-corrected chi connectivity index (χ2v) is 8.91. The Kier molecular flexibility index (Phi) is 6.17. The summed E-state index contributed by atoms with van der Waals surface area (Å²) >= 11 is 0. The SMILES string of the molecule is CN(CCOc1cccc(B2OC(C)(C)C(C)(C)O2)c1)C(=O)OC(C)(C)C. The van der Waals surface area contributed by atoms with Gasteiger partial charge in [-0.05, 0) is 66.1 Å². The molecule has 0 aliphatic carbocycles. The van der Waals surface area contributed by atoms with Crippen molar-refractivity contribution in [1.82, 2.24) is 4.90 Å². The molecule has 1 aromatic carbocycles. The van der Waals surface area contributed by atoms with Crippen molar-refractivity contribution in [2.75, 3.05) is 20.2 Å². The first-order chi connectivity index (χ1) is 12.3. The maximum atomic E-state index is 12.0. The highest BCUT2D eigenvalue weighted by molar-refractivity contribution is 6.62. The Morgan fingerprint density at radius 3 is 2.30 bits per heavy atom. The lowest BCUT2D eigenvalue weighted by Gasteiger charge is -2.32. The number of nitrogens with zero attached hydrogens (tertiary/aromatic N) is 1. The van der Waals surface area contributed by atoms with E-state index in [0.717, 1.165) is 5.46 Å². The van der Waals surface area contributed by atoms with E-state index in [2.05, 4.69) is 0 Å². The van der Waals surface area contributed by atoms with Crippen molar-refractivity contribution < 1.29 is 23.6 Å². The molecule has 1 aromatic rings. The standard InChI is InChI=1S/C20H32BNO5/c1-18(2,3)25-17(23)22(8)12-13-24-16-11-9-10-15(14-16)21-26-19(4,5)20(6,7)27-21/h9-11,14H,12-13H2,1-8H3. The molecule has 150 valence electrons. The average molecular weight is 377 g/mol. The van der Waals surface area contributed by atoms with Crippen LogP contribution < -0.4 is 10.2 Å². The van der Waals surface area contributed by atoms with Gasteiger partial charge in [-0.1, -0.05) is 12.1 Å². The quantitative estimate of drug-likeness (QED) is 0.738. The summed E-state index contributed by atoms with van der Waals surface area (Å²) in [7, 11) is 1.26. The Balaban J connectivity index is 1.91. The smallest absolute Gasteiger partial charge is 0.492 e. The molecule has 0 atom stereocenters. The van der Waals surface area contributed by atoms with Crippen LogP contribution in [0, 0.1) is 0 Å². The van der Waals surface area contributed by atoms with Crippen LogP contribution in [0.1, 0.15) is 48.5 Å². The van der Waals surface area contributed by atoms with Gasteiger partial charge in [0.2, 0.25) is 0 Å². The maximum absolute atomic E-state index is 12.0. The molecule has 0 bridgehead atoms. The highest BCUT2D eigenvalue weighted by atomic mass is 16.7. The lowest BCUT2D eigenvalue weighted by atomic mass is 9.79. The van der Waals surface area contributed by atoms with Crippen LogP contribution in [0.2, 0.25) is 0 Å². The van der Waals surface area contributed by atoms with Crippen molar-refractivity contribution in [2.45, 2.75) is 65.3 Å². The van der Waals surface area contributed by atoms with Crippen LogP contribution in [0.15, 0.2) is 24.3 Å². The largest absolute Gasteiger partial charge is 0.494 e. The Labute approximate surface area is 163 Å². The normalized spacial score (nSPS) is 18.3. The maximum Gasteiger partial charge on any atom is 0.494 e. The number of carbonyl (C=O) groups excluding carboxylic acids is 1. The molecule has 7 heteroatoms. The number of hydrogen-bond acceptors (Lipinski definition) is 5. The van der Waals surface area contributed by atoms with Gasteiger partial charge in [-0.25, -0.2) is 4.79 Å². The minimum atomic E-state index is -0.511. The van der Waals surface area contributed by atoms with Crippen LogP contribution in [0.4, 0.5) is 4.79 Å². The molecule has 0 N–H and O–H groups in total. The molecule has 1 aliphatic heterocycles. The summed E-state index contributed by atoms with van der Waals surface area (Å²) in [6, 6.07) is 7.66. The van der Waals surface area contributed by atoms with Gasteiger partial charge in [0.05, 0.1) is 17.7 Å². The third-order valence-corrected chi connectivity index (χ3v) is 4.78. The number of likely N-dealkylation sites (N-methyl/N-ethyl adjacent to an activating group) is 1. The van der Waals surface area contributed by atoms with Gasteiger partial charge < -0.3 is 23.7 Å². The van der Waals surface area contributed by atoms with Crippen molar-refractivity contribution in [1.29, 1.82) is 0 Å². The molecule has 0 unspecified atom stereocenters. The fraction of sp³-hybridized carbons (Fsp3) is 0.650. The van der Waals surface area contributed by atoms with Crippen LogP contribution in [-0.2, 0) is 14.0 Å². The Morgan fingerprint density at radius 2 is 1.74 bits per heavy atom. The molecule has 2 rings (SSSR count). The molecule has 0 aromatic heterocycles. The molecule has 1 saturated heterocycles. The Bertz CT molecular complexity index is 653. The van der Waals surface area contributed by atoms with E-state index in [1.54, 1.807) is 7.05 Å². The summed E-state index contributed by atoms with van der Waals surface area (Å²) in [6.45, 7) is 14.4. The van der Waals surface area contributed by atoms with Crippen LogP contribution in [0.25, 0.3) is 0 Å². The van der Waals surface area contributed by atoms with E-state index < -0.39 is 12.7 Å². The van der Waals surface area contributed by atoms with E-state index in [1.807, 2.05) is 72.7 Å². The zero-order valence-electron chi connectivity index (χ0n) is 17.8. The topological polar surface area (TPSA) is 57.2 Å². The minimum absolute atomic E-state index is 0.364. The lowest BCUT2D eigenvalue weighted by Crippen LogP contribution is -2.41. The number of hydrogen-bond donors (Lipinski definition) is 0. The molecular formula is C20H32BNO5. The number of benzene rings is 1. The van der Waals surface area contributed by atoms with Gasteiger partial charge in [-0.2, -0.15) is 0 Å². The summed E-state index contributed by atoms with van der Waals surface area (Å²) in [5.41, 5.74) is -0.370. The van der Waals surface area contributed by atoms with Crippen molar-refractivity contribution in [3.8, 4) is 5.75 Å². The second-order valence-electron chi connectivity index (χ2n) is 8.91. The van der Waals surface area contributed by atoms with Crippen LogP contribution in [0.3, 0.4) is 0 Å². The van der Waals surface area contributed by atoms with Crippen LogP contribution in [-0.4, -0.2) is 55.1 Å². The van der Waals surface area contributed by atoms with E-state index in [0.29, 0.717) is 18.9 Å². The molecule has 1 amide bonds. The molecule has 0 spiro atoms. The lowest BCUT2D eigenvalue weighted by molar-refractivity contribution is 0.00578. The summed E-state index contributed by atoms with van der Waals surface area (Å²) in [4.78, 5) is 13.5. The monoisotopic (exact) mass is 377 g/mol. The summed E-state index contributed by atoms with van der Waals surface area (Å²) in [5.74, 6) is 0.708. The fourth-order valence-corrected chi connectivity index (χ4v) is 2.46. The predicted molar refractivity (Wildman–Crippen MR) is 107 cm³/mol. The Hall–Kier alpha value is -1.73. The molecule has 1 aliphatic rings. The number of rotatable bonds is 5. The Morgan fingerprint density at radius 1 is 1.15 bits per heavy atom. The van der Waals surface area contributed by atoms with Gasteiger partial charge in [0.1, 0.15) is 18.0 Å². The van der Waals surface area contributed by atoms with Crippen molar-refractivity contribution in [3.63, 3.8) is 0 Å². The highest BCUT2D eigenvalue weighted by Crippen LogP contribution is 2.36. The first-order valence-electron chi connectivity index (χ1n) is 9.33. The minimum Gasteiger partial charge on any atom is -0.492 e. The number of carbonyl (C=O) groups is 1. The number of ether oxygens (including phenoxy) is 2. The van der Waals surface area contributed by atoms with Gasteiger partial charge in [0, 0.05) is 7.05 Å². The molecular weight excluding hydrogens is 345 g/mol. The third kappa shape index (κ3) is 5.62. The molecule has 1 fully saturated rings. The van der Waals surface area contributed by atoms with E-state index >= 15 is 0 Å². The summed E-state index contributed by atoms with van der Waals surface area (Å²) < 4.78 is 23.3. The van der Waals surface area contributed by atoms with Crippen LogP contribution >= 0.6 is 0 Å². The number of amides is 1. The van der Waals surface area contributed by atoms with Gasteiger partial charge in [-0.3, -0.25) is 0 Å². The van der Waals surface area contributed by atoms with E-state index in [4.69, 9.17) is 18.8 Å². The van der Waals surface area contributed by atoms with Gasteiger partial charge in [0.25, 0.3) is 0 Å². The second kappa shape index (κ2) is 7.72. The average Bonchev–Trinajstić information content (AvgIpc) is 2.74. The predicted octanol–water partition coefficient (Wildman–Crippen LogP) is 3.23. The first-order valence-corrected chi connectivity index (χ1v) is 9.33. The zero-order valence-corrected chi connectivity index (χ0v) is 17.8. The fourth-order valence-electron chi connectivity index (χ4n) is 2.46. The molecule has 0 radical (unpaired) electrons. The summed E-state index contributed by atoms with van der Waals surface area (Å²) in [6.07, 6.45) is -0.364. The molecule has 1 heterocycles. The van der Waals surface area contributed by atoms with Crippen molar-refractivity contribution in [2.24, 2.45) is 0 Å². The van der Waals surface area contributed by atoms with Gasteiger partial charge in [0.15, 0.2) is 0 Å². The summed E-state index contributed by atoms with van der Waals surface area (Å²) in [5, 5.41) is 0. The van der Waals surface area contributed by atoms with Crippen molar-refractivity contribution >= 4 is 18.7 Å². The van der Waals surface area contributed by atoms with Crippen molar-refractivity contribution in [3.05, 3.63) is 24.3 Å². The molecule has 0 saturated carbocycles. The van der Waals surface area contributed by atoms with E-state index in [-0.39, 0.29) is 17.3 Å². The van der Waals surface area contributed by atoms with Gasteiger partial charge >= 0.3 is 13.2 Å². The van der Waals surface area contributed by atoms with Crippen LogP contribution in [0.5, 0.6) is 5.75 Å². The molecule has 27 heavy (non-hydrogen) atoms. The first kappa shape index (κ1) is 21.6. The zero-order chi connectivity index (χ0) is 20.5. The van der Waals surface area contributed by atoms with E-state index in [1.165, 1.54) is 4.90 Å². The molecule has 6 nitrogen and oxygen atoms in total. The third-order valence-electron chi connectivity index (χ3n) is 4.78. The van der Waals surface area contributed by atoms with Gasteiger partial charge in [-0.15, -0.1) is 0 Å². The highest BCUT2D eigenvalue weighted by Gasteiger charge is 2.51. The van der Waals surface area contributed by atoms with E-state index in [9.17, 15) is 4.79 Å².